The lowest BCUT2D eigenvalue weighted by Gasteiger charge is -2.40. The van der Waals surface area contributed by atoms with Crippen LogP contribution in [0.2, 0.25) is 0 Å². The Kier molecular flexibility index (Phi) is 35.7. The van der Waals surface area contributed by atoms with Gasteiger partial charge in [-0.2, -0.15) is 0 Å². The summed E-state index contributed by atoms with van der Waals surface area (Å²) in [6.07, 6.45) is 38.0. The van der Waals surface area contributed by atoms with Crippen LogP contribution >= 0.6 is 0 Å². The van der Waals surface area contributed by atoms with Crippen LogP contribution in [0.25, 0.3) is 0 Å². The molecule has 9 nitrogen and oxygen atoms in total. The summed E-state index contributed by atoms with van der Waals surface area (Å²) in [6.45, 7) is 3.75. The van der Waals surface area contributed by atoms with Crippen LogP contribution in [0, 0.1) is 0 Å². The quantitative estimate of drug-likeness (QED) is 0.0266. The second-order valence-electron chi connectivity index (χ2n) is 16.5. The molecule has 1 fully saturated rings. The van der Waals surface area contributed by atoms with Gasteiger partial charge in [0.25, 0.3) is 0 Å². The first-order valence-electron chi connectivity index (χ1n) is 23.6. The van der Waals surface area contributed by atoms with E-state index in [0.29, 0.717) is 6.42 Å². The fraction of sp³-hybridized carbons (Fsp3) is 0.894. The van der Waals surface area contributed by atoms with Gasteiger partial charge < -0.3 is 40.3 Å². The molecule has 1 aliphatic rings. The Balaban J connectivity index is 2.32. The van der Waals surface area contributed by atoms with Crippen molar-refractivity contribution in [3.8, 4) is 0 Å². The molecule has 0 bridgehead atoms. The first-order valence-corrected chi connectivity index (χ1v) is 23.6. The number of allylic oxidation sites excluding steroid dienone is 3. The molecule has 7 atom stereocenters. The molecule has 0 aromatic rings. The molecule has 0 aromatic carbocycles. The molecule has 0 saturated carbocycles. The molecule has 9 heteroatoms. The van der Waals surface area contributed by atoms with Crippen molar-refractivity contribution in [2.45, 2.75) is 256 Å². The van der Waals surface area contributed by atoms with Gasteiger partial charge in [-0.25, -0.2) is 0 Å². The van der Waals surface area contributed by atoms with Crippen molar-refractivity contribution in [3.05, 3.63) is 24.3 Å². The minimum absolute atomic E-state index is 0.185. The molecule has 0 radical (unpaired) electrons. The van der Waals surface area contributed by atoms with Gasteiger partial charge in [0.1, 0.15) is 24.4 Å². The van der Waals surface area contributed by atoms with Crippen LogP contribution in [0.3, 0.4) is 0 Å². The zero-order chi connectivity index (χ0) is 40.9. The van der Waals surface area contributed by atoms with Gasteiger partial charge in [-0.1, -0.05) is 199 Å². The summed E-state index contributed by atoms with van der Waals surface area (Å²) in [4.78, 5) is 12.9. The highest BCUT2D eigenvalue weighted by molar-refractivity contribution is 5.76. The number of unbranched alkanes of at least 4 members (excludes halogenated alkanes) is 27. The second kappa shape index (κ2) is 37.9. The largest absolute Gasteiger partial charge is 0.394 e. The SMILES string of the molecule is CCCCCCCCC/C=C/CC/C=C/[C@@H](O)[C@H](CO[C@H]1O[C@@H](CO)[C@H](O)C(O)C1O)NC(=O)CCCCCCCCCCCCCCCCCCCCCC. The van der Waals surface area contributed by atoms with Crippen LogP contribution in [-0.4, -0.2) is 87.5 Å². The third kappa shape index (κ3) is 28.2. The smallest absolute Gasteiger partial charge is 0.220 e. The van der Waals surface area contributed by atoms with Crippen molar-refractivity contribution in [2.75, 3.05) is 13.2 Å². The van der Waals surface area contributed by atoms with E-state index in [-0.39, 0.29) is 12.5 Å². The minimum atomic E-state index is -1.57. The van der Waals surface area contributed by atoms with Gasteiger partial charge in [-0.05, 0) is 32.1 Å². The van der Waals surface area contributed by atoms with Crippen molar-refractivity contribution in [2.24, 2.45) is 0 Å². The van der Waals surface area contributed by atoms with Gasteiger partial charge in [0, 0.05) is 6.42 Å². The summed E-state index contributed by atoms with van der Waals surface area (Å²) < 4.78 is 11.2. The number of carbonyl (C=O) groups excluding carboxylic acids is 1. The number of rotatable bonds is 39. The number of aliphatic hydroxyl groups excluding tert-OH is 5. The van der Waals surface area contributed by atoms with E-state index >= 15 is 0 Å². The molecule has 2 unspecified atom stereocenters. The average Bonchev–Trinajstić information content (AvgIpc) is 3.20. The minimum Gasteiger partial charge on any atom is -0.394 e. The Morgan fingerprint density at radius 2 is 1.02 bits per heavy atom. The first-order chi connectivity index (χ1) is 27.3. The van der Waals surface area contributed by atoms with Crippen LogP contribution in [0.15, 0.2) is 24.3 Å². The van der Waals surface area contributed by atoms with E-state index in [0.717, 1.165) is 38.5 Å². The molecule has 1 heterocycles. The van der Waals surface area contributed by atoms with Crippen molar-refractivity contribution in [3.63, 3.8) is 0 Å². The lowest BCUT2D eigenvalue weighted by Crippen LogP contribution is -2.60. The van der Waals surface area contributed by atoms with E-state index in [2.05, 4.69) is 31.3 Å². The highest BCUT2D eigenvalue weighted by atomic mass is 16.7. The average molecular weight is 796 g/mol. The highest BCUT2D eigenvalue weighted by Crippen LogP contribution is 2.23. The summed E-state index contributed by atoms with van der Waals surface area (Å²) >= 11 is 0. The molecule has 1 saturated heterocycles. The fourth-order valence-electron chi connectivity index (χ4n) is 7.47. The molecule has 6 N–H and O–H groups in total. The zero-order valence-corrected chi connectivity index (χ0v) is 36.1. The van der Waals surface area contributed by atoms with Crippen LogP contribution < -0.4 is 5.32 Å². The second-order valence-corrected chi connectivity index (χ2v) is 16.5. The Morgan fingerprint density at radius 3 is 1.50 bits per heavy atom. The topological polar surface area (TPSA) is 149 Å². The maximum absolute atomic E-state index is 12.9. The number of ether oxygens (including phenoxy) is 2. The van der Waals surface area contributed by atoms with Crippen LogP contribution in [0.5, 0.6) is 0 Å². The summed E-state index contributed by atoms with van der Waals surface area (Å²) in [5.41, 5.74) is 0. The standard InChI is InChI=1S/C47H89NO8/c1-3-5-7-9-11-13-15-17-18-19-20-21-22-23-25-27-29-31-33-35-37-43(51)48-40(39-55-47-46(54)45(53)44(52)42(38-49)56-47)41(50)36-34-32-30-28-26-24-16-14-12-10-8-6-4-2/h26,28,34,36,40-42,44-47,49-50,52-54H,3-25,27,29-33,35,37-39H2,1-2H3,(H,48,51)/b28-26+,36-34+/t40-,41+,42-,44-,45?,46?,47-/m0/s1. The number of amides is 1. The van der Waals surface area contributed by atoms with Gasteiger partial charge in [0.15, 0.2) is 6.29 Å². The van der Waals surface area contributed by atoms with E-state index in [1.807, 2.05) is 6.08 Å². The van der Waals surface area contributed by atoms with E-state index in [9.17, 15) is 30.3 Å². The van der Waals surface area contributed by atoms with Crippen LogP contribution in [0.4, 0.5) is 0 Å². The third-order valence-corrected chi connectivity index (χ3v) is 11.3. The molecule has 1 aliphatic heterocycles. The van der Waals surface area contributed by atoms with E-state index in [4.69, 9.17) is 9.47 Å². The lowest BCUT2D eigenvalue weighted by molar-refractivity contribution is -0.302. The van der Waals surface area contributed by atoms with Crippen LogP contribution in [-0.2, 0) is 14.3 Å². The first kappa shape index (κ1) is 52.7. The third-order valence-electron chi connectivity index (χ3n) is 11.3. The van der Waals surface area contributed by atoms with Crippen molar-refractivity contribution in [1.29, 1.82) is 0 Å². The predicted octanol–water partition coefficient (Wildman–Crippen LogP) is 9.89. The van der Waals surface area contributed by atoms with Crippen LogP contribution in [0.1, 0.15) is 213 Å². The molecule has 56 heavy (non-hydrogen) atoms. The lowest BCUT2D eigenvalue weighted by atomic mass is 9.99. The Labute approximate surface area is 343 Å². The van der Waals surface area contributed by atoms with Gasteiger partial charge in [-0.15, -0.1) is 0 Å². The molecule has 1 rings (SSSR count). The van der Waals surface area contributed by atoms with E-state index in [1.54, 1.807) is 6.08 Å². The van der Waals surface area contributed by atoms with Gasteiger partial charge in [0.05, 0.1) is 25.4 Å². The monoisotopic (exact) mass is 796 g/mol. The van der Waals surface area contributed by atoms with E-state index in [1.165, 1.54) is 154 Å². The molecular formula is C47H89NO8. The maximum atomic E-state index is 12.9. The summed E-state index contributed by atoms with van der Waals surface area (Å²) in [6, 6.07) is -0.816. The molecule has 330 valence electrons. The Bertz CT molecular complexity index is 930. The van der Waals surface area contributed by atoms with Gasteiger partial charge in [0.2, 0.25) is 5.91 Å². The normalized spacial score (nSPS) is 21.3. The molecule has 0 aromatic heterocycles. The maximum Gasteiger partial charge on any atom is 0.220 e. The molecule has 0 aliphatic carbocycles. The van der Waals surface area contributed by atoms with Crippen molar-refractivity contribution >= 4 is 5.91 Å². The van der Waals surface area contributed by atoms with Crippen molar-refractivity contribution in [1.82, 2.24) is 5.32 Å². The number of carbonyl (C=O) groups is 1. The van der Waals surface area contributed by atoms with E-state index < -0.39 is 49.5 Å². The van der Waals surface area contributed by atoms with Crippen molar-refractivity contribution < 1.29 is 39.8 Å². The summed E-state index contributed by atoms with van der Waals surface area (Å²) in [5.74, 6) is -0.185. The predicted molar refractivity (Wildman–Crippen MR) is 230 cm³/mol. The number of nitrogens with one attached hydrogen (secondary N) is 1. The number of hydrogen-bond donors (Lipinski definition) is 6. The molecular weight excluding hydrogens is 707 g/mol. The number of hydrogen-bond acceptors (Lipinski definition) is 8. The molecule has 1 amide bonds. The summed E-state index contributed by atoms with van der Waals surface area (Å²) in [5, 5.41) is 54.1. The zero-order valence-electron chi connectivity index (χ0n) is 36.1. The summed E-state index contributed by atoms with van der Waals surface area (Å²) in [7, 11) is 0. The van der Waals surface area contributed by atoms with Gasteiger partial charge in [-0.3, -0.25) is 4.79 Å². The Hall–Kier alpha value is -1.33. The molecule has 0 spiro atoms. The number of aliphatic hydroxyl groups is 5. The van der Waals surface area contributed by atoms with Gasteiger partial charge >= 0.3 is 0 Å². The highest BCUT2D eigenvalue weighted by Gasteiger charge is 2.44. The Morgan fingerprint density at radius 1 is 0.589 bits per heavy atom. The fourth-order valence-corrected chi connectivity index (χ4v) is 7.47.